The van der Waals surface area contributed by atoms with Crippen LogP contribution in [-0.2, 0) is 4.79 Å². The van der Waals surface area contributed by atoms with E-state index in [4.69, 9.17) is 5.11 Å². The molecule has 0 aromatic rings. The minimum absolute atomic E-state index is 0.342. The molecule has 0 radical (unpaired) electrons. The second-order valence-electron chi connectivity index (χ2n) is 3.62. The van der Waals surface area contributed by atoms with Crippen LogP contribution in [0, 0.1) is 0 Å². The maximum absolute atomic E-state index is 10.2. The second kappa shape index (κ2) is 16.2. The van der Waals surface area contributed by atoms with Crippen LogP contribution in [0.15, 0.2) is 0 Å². The van der Waals surface area contributed by atoms with Gasteiger partial charge in [0.1, 0.15) is 0 Å². The van der Waals surface area contributed by atoms with Crippen LogP contribution >= 0.6 is 11.8 Å². The van der Waals surface area contributed by atoms with Crippen molar-refractivity contribution >= 4 is 17.7 Å². The van der Waals surface area contributed by atoms with Crippen LogP contribution in [-0.4, -0.2) is 11.1 Å². The molecule has 0 saturated heterocycles. The Bertz CT molecular complexity index is 132. The van der Waals surface area contributed by atoms with Crippen molar-refractivity contribution < 1.29 is 9.90 Å². The van der Waals surface area contributed by atoms with Gasteiger partial charge in [0.15, 0.2) is 0 Å². The van der Waals surface area contributed by atoms with Gasteiger partial charge in [0, 0.05) is 6.42 Å². The van der Waals surface area contributed by atoms with Gasteiger partial charge in [-0.3, -0.25) is 4.79 Å². The van der Waals surface area contributed by atoms with Crippen LogP contribution in [0.4, 0.5) is 0 Å². The first-order chi connectivity index (χ1) is 7.27. The van der Waals surface area contributed by atoms with Gasteiger partial charge in [-0.2, -0.15) is 0 Å². The summed E-state index contributed by atoms with van der Waals surface area (Å²) in [5, 5.41) is 12.4. The van der Waals surface area contributed by atoms with Crippen molar-refractivity contribution in [3.63, 3.8) is 0 Å². The van der Waals surface area contributed by atoms with E-state index in [1.807, 2.05) is 0 Å². The molecule has 0 amide bonds. The molecule has 4 heteroatoms. The van der Waals surface area contributed by atoms with E-state index in [2.05, 4.69) is 24.0 Å². The zero-order chi connectivity index (χ0) is 11.9. The molecule has 0 fully saturated rings. The Labute approximate surface area is 98.1 Å². The molecule has 0 heterocycles. The van der Waals surface area contributed by atoms with E-state index in [1.165, 1.54) is 38.5 Å². The number of halogens is 1. The summed E-state index contributed by atoms with van der Waals surface area (Å²) in [4.78, 5) is 10.2. The zero-order valence-electron chi connectivity index (χ0n) is 9.67. The predicted molar refractivity (Wildman–Crippen MR) is 64.9 cm³/mol. The lowest BCUT2D eigenvalue weighted by Crippen LogP contribution is -1.93. The number of rotatable bonds is 9. The minimum Gasteiger partial charge on any atom is -0.481 e. The smallest absolute Gasteiger partial charge is 0.303 e. The van der Waals surface area contributed by atoms with E-state index in [1.54, 1.807) is 0 Å². The van der Waals surface area contributed by atoms with E-state index >= 15 is 0 Å². The van der Waals surface area contributed by atoms with E-state index in [0.717, 1.165) is 12.8 Å². The highest BCUT2D eigenvalue weighted by molar-refractivity contribution is 6.11. The van der Waals surface area contributed by atoms with Crippen molar-refractivity contribution in [1.29, 1.82) is 0 Å². The topological polar surface area (TPSA) is 63.3 Å². The second-order valence-corrected chi connectivity index (χ2v) is 3.62. The summed E-state index contributed by atoms with van der Waals surface area (Å²) in [7, 11) is 0. The van der Waals surface area contributed by atoms with Gasteiger partial charge in [0.05, 0.1) is 0 Å². The zero-order valence-corrected chi connectivity index (χ0v) is 10.4. The highest BCUT2D eigenvalue weighted by atomic mass is 35.5. The number of unbranched alkanes of at least 4 members (excludes halogenated alkanes) is 7. The first-order valence-corrected chi connectivity index (χ1v) is 6.14. The average Bonchev–Trinajstić information content (AvgIpc) is 2.24. The van der Waals surface area contributed by atoms with Crippen molar-refractivity contribution in [2.75, 3.05) is 0 Å². The van der Waals surface area contributed by atoms with Gasteiger partial charge in [-0.05, 0) is 18.2 Å². The summed E-state index contributed by atoms with van der Waals surface area (Å²) in [6, 6.07) is 0. The number of nitrogens with two attached hydrogens (primary N) is 1. The Morgan fingerprint density at radius 3 is 1.80 bits per heavy atom. The van der Waals surface area contributed by atoms with E-state index in [-0.39, 0.29) is 0 Å². The molecule has 0 atom stereocenters. The summed E-state index contributed by atoms with van der Waals surface area (Å²) in [6.07, 6.45) is 10.1. The summed E-state index contributed by atoms with van der Waals surface area (Å²) >= 11 is 4.14. The monoisotopic (exact) mass is 237 g/mol. The average molecular weight is 238 g/mol. The largest absolute Gasteiger partial charge is 0.481 e. The number of aliphatic carboxylic acids is 1. The Hall–Kier alpha value is -0.280. The molecule has 15 heavy (non-hydrogen) atoms. The molecule has 0 aromatic carbocycles. The fraction of sp³-hybridized carbons (Fsp3) is 0.909. The quantitative estimate of drug-likeness (QED) is 0.475. The van der Waals surface area contributed by atoms with Crippen LogP contribution < -0.4 is 5.25 Å². The standard InChI is InChI=1S/C11H22O2.ClH2N/c1-2-3-4-5-6-7-8-9-10-11(12)13;1-2/h2-10H2,1H3,(H,12,13);2H2. The molecule has 0 saturated carbocycles. The van der Waals surface area contributed by atoms with Crippen LogP contribution in [0.25, 0.3) is 0 Å². The third kappa shape index (κ3) is 19.9. The lowest BCUT2D eigenvalue weighted by molar-refractivity contribution is -0.137. The number of carboxylic acids is 1. The van der Waals surface area contributed by atoms with Gasteiger partial charge in [-0.25, -0.2) is 5.25 Å². The molecular formula is C11H24ClNO2. The first-order valence-electron chi connectivity index (χ1n) is 5.71. The third-order valence-electron chi connectivity index (χ3n) is 2.24. The van der Waals surface area contributed by atoms with Crippen molar-refractivity contribution in [2.24, 2.45) is 5.25 Å². The molecule has 92 valence electrons. The fourth-order valence-corrected chi connectivity index (χ4v) is 1.41. The predicted octanol–water partition coefficient (Wildman–Crippen LogP) is 3.70. The van der Waals surface area contributed by atoms with E-state index in [9.17, 15) is 4.79 Å². The van der Waals surface area contributed by atoms with Gasteiger partial charge in [-0.1, -0.05) is 51.9 Å². The molecule has 0 aliphatic heterocycles. The third-order valence-corrected chi connectivity index (χ3v) is 2.24. The Morgan fingerprint density at radius 1 is 1.00 bits per heavy atom. The molecule has 0 spiro atoms. The van der Waals surface area contributed by atoms with Crippen molar-refractivity contribution in [3.8, 4) is 0 Å². The summed E-state index contributed by atoms with van der Waals surface area (Å²) in [5.41, 5.74) is 0. The highest BCUT2D eigenvalue weighted by Crippen LogP contribution is 2.09. The van der Waals surface area contributed by atoms with Gasteiger partial charge in [0.2, 0.25) is 0 Å². The van der Waals surface area contributed by atoms with Gasteiger partial charge in [-0.15, -0.1) is 0 Å². The van der Waals surface area contributed by atoms with E-state index in [0.29, 0.717) is 6.42 Å². The molecule has 0 bridgehead atoms. The Morgan fingerprint density at radius 2 is 1.40 bits per heavy atom. The summed E-state index contributed by atoms with van der Waals surface area (Å²) in [5.74, 6) is -0.661. The maximum Gasteiger partial charge on any atom is 0.303 e. The van der Waals surface area contributed by atoms with Crippen LogP contribution in [0.1, 0.15) is 64.7 Å². The highest BCUT2D eigenvalue weighted by Gasteiger charge is 1.95. The number of hydrogen-bond acceptors (Lipinski definition) is 2. The van der Waals surface area contributed by atoms with Crippen LogP contribution in [0.2, 0.25) is 0 Å². The summed E-state index contributed by atoms with van der Waals surface area (Å²) < 4.78 is 0. The van der Waals surface area contributed by atoms with Gasteiger partial charge < -0.3 is 5.11 Å². The molecule has 0 aliphatic rings. The number of carbonyl (C=O) groups is 1. The lowest BCUT2D eigenvalue weighted by atomic mass is 10.1. The van der Waals surface area contributed by atoms with Crippen molar-refractivity contribution in [1.82, 2.24) is 0 Å². The molecule has 0 unspecified atom stereocenters. The van der Waals surface area contributed by atoms with Crippen LogP contribution in [0.3, 0.4) is 0 Å². The van der Waals surface area contributed by atoms with Crippen molar-refractivity contribution in [2.45, 2.75) is 64.7 Å². The molecule has 0 aliphatic carbocycles. The Kier molecular flexibility index (Phi) is 18.5. The Balaban J connectivity index is 0. The molecular weight excluding hydrogens is 214 g/mol. The SMILES string of the molecule is CCCCCCCCCCC(=O)O.NCl. The van der Waals surface area contributed by atoms with Crippen LogP contribution in [0.5, 0.6) is 0 Å². The lowest BCUT2D eigenvalue weighted by Gasteiger charge is -1.99. The minimum atomic E-state index is -0.661. The number of hydrogen-bond donors (Lipinski definition) is 2. The first kappa shape index (κ1) is 17.1. The van der Waals surface area contributed by atoms with Crippen molar-refractivity contribution in [3.05, 3.63) is 0 Å². The van der Waals surface area contributed by atoms with E-state index < -0.39 is 5.97 Å². The van der Waals surface area contributed by atoms with Gasteiger partial charge >= 0.3 is 5.97 Å². The maximum atomic E-state index is 10.2. The fourth-order valence-electron chi connectivity index (χ4n) is 1.41. The van der Waals surface area contributed by atoms with Gasteiger partial charge in [0.25, 0.3) is 0 Å². The molecule has 3 nitrogen and oxygen atoms in total. The summed E-state index contributed by atoms with van der Waals surface area (Å²) in [6.45, 7) is 2.22. The molecule has 0 aromatic heterocycles. The normalized spacial score (nSPS) is 9.27. The molecule has 3 N–H and O–H groups in total. The molecule has 0 rings (SSSR count). The number of carboxylic acid groups (broad SMARTS) is 1.